The number of benzene rings is 2. The molecule has 1 spiro atoms. The molecule has 38 heavy (non-hydrogen) atoms. The zero-order chi connectivity index (χ0) is 25.7. The molecule has 3 aliphatic rings. The predicted octanol–water partition coefficient (Wildman–Crippen LogP) is 3.53. The maximum Gasteiger partial charge on any atom is 0.254 e. The maximum absolute atomic E-state index is 14.6. The van der Waals surface area contributed by atoms with Crippen LogP contribution in [-0.4, -0.2) is 49.8 Å². The largest absolute Gasteiger partial charge is 0.494 e. The minimum atomic E-state index is -0.936. The maximum atomic E-state index is 14.6. The Labute approximate surface area is 219 Å². The van der Waals surface area contributed by atoms with Crippen LogP contribution < -0.4 is 9.64 Å². The van der Waals surface area contributed by atoms with Crippen molar-refractivity contribution < 1.29 is 14.3 Å². The van der Waals surface area contributed by atoms with Gasteiger partial charge in [-0.15, -0.1) is 5.10 Å². The average molecular weight is 507 g/mol. The Balaban J connectivity index is 1.43. The van der Waals surface area contributed by atoms with E-state index in [4.69, 9.17) is 4.74 Å². The van der Waals surface area contributed by atoms with Gasteiger partial charge in [-0.05, 0) is 47.9 Å². The molecule has 2 amide bonds. The minimum absolute atomic E-state index is 0.0236. The van der Waals surface area contributed by atoms with Gasteiger partial charge in [0.05, 0.1) is 25.4 Å². The van der Waals surface area contributed by atoms with Gasteiger partial charge in [-0.25, -0.2) is 0 Å². The summed E-state index contributed by atoms with van der Waals surface area (Å²) >= 11 is 0. The fourth-order valence-corrected chi connectivity index (χ4v) is 6.26. The Morgan fingerprint density at radius 3 is 2.79 bits per heavy atom. The van der Waals surface area contributed by atoms with Gasteiger partial charge in [0.1, 0.15) is 16.9 Å². The lowest BCUT2D eigenvalue weighted by atomic mass is 9.72. The first-order valence-electron chi connectivity index (χ1n) is 12.9. The molecule has 2 aromatic heterocycles. The Morgan fingerprint density at radius 1 is 1.03 bits per heavy atom. The molecule has 1 saturated heterocycles. The van der Waals surface area contributed by atoms with E-state index >= 15 is 0 Å². The number of para-hydroxylation sites is 1. The lowest BCUT2D eigenvalue weighted by Crippen LogP contribution is -2.45. The fourth-order valence-electron chi connectivity index (χ4n) is 6.26. The van der Waals surface area contributed by atoms with E-state index in [9.17, 15) is 9.59 Å². The SMILES string of the molecule is O=C(c1ccncc1)N1CC[C@]23C(=O)N(Cc4cn(nn4)CCCOc4cccc(c4)[C@H]12)c1ccccc13. The zero-order valence-corrected chi connectivity index (χ0v) is 20.7. The number of rotatable bonds is 1. The van der Waals surface area contributed by atoms with Gasteiger partial charge in [-0.3, -0.25) is 19.3 Å². The molecule has 6 bridgehead atoms. The van der Waals surface area contributed by atoms with Gasteiger partial charge in [0, 0.05) is 43.2 Å². The summed E-state index contributed by atoms with van der Waals surface area (Å²) in [4.78, 5) is 36.3. The molecular formula is C29H26N6O3. The second-order valence-electron chi connectivity index (χ2n) is 10.0. The van der Waals surface area contributed by atoms with Crippen molar-refractivity contribution >= 4 is 17.5 Å². The third-order valence-electron chi connectivity index (χ3n) is 7.90. The number of hydrogen-bond donors (Lipinski definition) is 0. The topological polar surface area (TPSA) is 93.5 Å². The first-order chi connectivity index (χ1) is 18.6. The van der Waals surface area contributed by atoms with E-state index in [0.717, 1.165) is 28.9 Å². The van der Waals surface area contributed by atoms with Crippen LogP contribution >= 0.6 is 0 Å². The highest BCUT2D eigenvalue weighted by Gasteiger charge is 2.61. The van der Waals surface area contributed by atoms with Crippen LogP contribution in [0, 0.1) is 0 Å². The van der Waals surface area contributed by atoms with E-state index in [1.165, 1.54) is 0 Å². The Hall–Kier alpha value is -4.53. The number of ether oxygens (including phenoxy) is 1. The third kappa shape index (κ3) is 3.42. The van der Waals surface area contributed by atoms with Crippen molar-refractivity contribution in [2.75, 3.05) is 18.1 Å². The summed E-state index contributed by atoms with van der Waals surface area (Å²) in [6, 6.07) is 18.7. The molecule has 5 heterocycles. The van der Waals surface area contributed by atoms with Crippen LogP contribution in [0.4, 0.5) is 5.69 Å². The lowest BCUT2D eigenvalue weighted by Gasteiger charge is -2.35. The Morgan fingerprint density at radius 2 is 1.89 bits per heavy atom. The van der Waals surface area contributed by atoms with Crippen molar-refractivity contribution in [3.8, 4) is 5.75 Å². The first-order valence-corrected chi connectivity index (χ1v) is 12.9. The summed E-state index contributed by atoms with van der Waals surface area (Å²) in [5, 5.41) is 8.61. The van der Waals surface area contributed by atoms with Crippen molar-refractivity contribution in [1.29, 1.82) is 0 Å². The lowest BCUT2D eigenvalue weighted by molar-refractivity contribution is -0.124. The molecule has 0 aliphatic carbocycles. The summed E-state index contributed by atoms with van der Waals surface area (Å²) < 4.78 is 7.90. The van der Waals surface area contributed by atoms with E-state index in [0.29, 0.717) is 44.0 Å². The molecule has 9 nitrogen and oxygen atoms in total. The molecule has 0 saturated carbocycles. The molecule has 7 rings (SSSR count). The summed E-state index contributed by atoms with van der Waals surface area (Å²) in [6.07, 6.45) is 6.41. The molecule has 9 heteroatoms. The van der Waals surface area contributed by atoms with Crippen LogP contribution in [0.25, 0.3) is 0 Å². The molecule has 0 N–H and O–H groups in total. The van der Waals surface area contributed by atoms with Gasteiger partial charge in [0.15, 0.2) is 0 Å². The number of aryl methyl sites for hydroxylation is 1. The van der Waals surface area contributed by atoms with Gasteiger partial charge in [0.2, 0.25) is 5.91 Å². The second kappa shape index (κ2) is 8.79. The van der Waals surface area contributed by atoms with E-state index < -0.39 is 11.5 Å². The molecule has 3 aliphatic heterocycles. The van der Waals surface area contributed by atoms with Gasteiger partial charge in [-0.1, -0.05) is 35.5 Å². The average Bonchev–Trinajstić information content (AvgIpc) is 3.64. The van der Waals surface area contributed by atoms with Crippen molar-refractivity contribution in [3.05, 3.63) is 102 Å². The summed E-state index contributed by atoms with van der Waals surface area (Å²) in [5.41, 5.74) is 3.01. The molecule has 0 unspecified atom stereocenters. The van der Waals surface area contributed by atoms with Crippen LogP contribution in [0.1, 0.15) is 46.1 Å². The van der Waals surface area contributed by atoms with E-state index in [1.54, 1.807) is 29.2 Å². The quantitative estimate of drug-likeness (QED) is 0.392. The van der Waals surface area contributed by atoms with Crippen molar-refractivity contribution in [2.24, 2.45) is 0 Å². The van der Waals surface area contributed by atoms with Crippen LogP contribution in [0.15, 0.2) is 79.3 Å². The molecule has 2 atom stereocenters. The highest BCUT2D eigenvalue weighted by molar-refractivity contribution is 6.10. The monoisotopic (exact) mass is 506 g/mol. The van der Waals surface area contributed by atoms with Gasteiger partial charge in [-0.2, -0.15) is 0 Å². The molecule has 4 aromatic rings. The van der Waals surface area contributed by atoms with Gasteiger partial charge in [0.25, 0.3) is 5.91 Å². The Bertz CT molecular complexity index is 1540. The third-order valence-corrected chi connectivity index (χ3v) is 7.90. The number of carbonyl (C=O) groups excluding carboxylic acids is 2. The van der Waals surface area contributed by atoms with E-state index in [1.807, 2.05) is 64.5 Å². The standard InChI is InChI=1S/C29H26N6O3/c36-27(20-9-12-30-13-10-20)34-15-11-29-24-7-1-2-8-25(24)35(28(29)37)19-22-18-33(32-31-22)14-4-16-38-23-6-3-5-21(17-23)26(29)34/h1-3,5-10,12-13,17-18,26H,4,11,14-16,19H2/t26-,29+/m0/s1. The highest BCUT2D eigenvalue weighted by atomic mass is 16.5. The summed E-state index contributed by atoms with van der Waals surface area (Å²) in [6.45, 7) is 1.94. The van der Waals surface area contributed by atoms with Crippen LogP contribution in [0.3, 0.4) is 0 Å². The zero-order valence-electron chi connectivity index (χ0n) is 20.7. The number of amides is 2. The molecule has 190 valence electrons. The number of hydrogen-bond acceptors (Lipinski definition) is 6. The Kier molecular flexibility index (Phi) is 5.24. The molecule has 1 fully saturated rings. The van der Waals surface area contributed by atoms with Crippen molar-refractivity contribution in [1.82, 2.24) is 24.9 Å². The van der Waals surface area contributed by atoms with Crippen LogP contribution in [-0.2, 0) is 23.3 Å². The van der Waals surface area contributed by atoms with Crippen molar-refractivity contribution in [3.63, 3.8) is 0 Å². The number of anilines is 1. The van der Waals surface area contributed by atoms with Gasteiger partial charge < -0.3 is 14.5 Å². The summed E-state index contributed by atoms with van der Waals surface area (Å²) in [7, 11) is 0. The highest BCUT2D eigenvalue weighted by Crippen LogP contribution is 2.57. The number of likely N-dealkylation sites (tertiary alicyclic amines) is 1. The normalized spacial score (nSPS) is 22.2. The molecule has 2 aromatic carbocycles. The minimum Gasteiger partial charge on any atom is -0.494 e. The number of aromatic nitrogens is 4. The van der Waals surface area contributed by atoms with Crippen LogP contribution in [0.5, 0.6) is 5.75 Å². The predicted molar refractivity (Wildman–Crippen MR) is 139 cm³/mol. The fraction of sp³-hybridized carbons (Fsp3) is 0.276. The molecule has 0 radical (unpaired) electrons. The number of carbonyl (C=O) groups is 2. The number of pyridine rings is 1. The second-order valence-corrected chi connectivity index (χ2v) is 10.0. The number of nitrogens with zero attached hydrogens (tertiary/aromatic N) is 6. The summed E-state index contributed by atoms with van der Waals surface area (Å²) in [5.74, 6) is 0.570. The van der Waals surface area contributed by atoms with Crippen molar-refractivity contribution in [2.45, 2.75) is 37.4 Å². The van der Waals surface area contributed by atoms with Crippen LogP contribution in [0.2, 0.25) is 0 Å². The van der Waals surface area contributed by atoms with E-state index in [-0.39, 0.29) is 11.8 Å². The molecular weight excluding hydrogens is 480 g/mol. The van der Waals surface area contributed by atoms with Gasteiger partial charge >= 0.3 is 0 Å². The smallest absolute Gasteiger partial charge is 0.254 e. The number of fused-ring (bicyclic) bond motifs is 8. The van der Waals surface area contributed by atoms with E-state index in [2.05, 4.69) is 15.3 Å². The first kappa shape index (κ1) is 22.7.